The van der Waals surface area contributed by atoms with E-state index in [2.05, 4.69) is 66.7 Å². The average molecular weight is 458 g/mol. The molecule has 0 spiro atoms. The molecule has 4 heteroatoms. The molecule has 32 heavy (non-hydrogen) atoms. The van der Waals surface area contributed by atoms with Gasteiger partial charge in [-0.1, -0.05) is 53.7 Å². The van der Waals surface area contributed by atoms with Gasteiger partial charge in [-0.3, -0.25) is 4.79 Å². The fourth-order valence-electron chi connectivity index (χ4n) is 4.81. The van der Waals surface area contributed by atoms with Crippen molar-refractivity contribution in [2.24, 2.45) is 11.3 Å². The first-order valence-electron chi connectivity index (χ1n) is 11.9. The van der Waals surface area contributed by atoms with Gasteiger partial charge in [0.2, 0.25) is 0 Å². The van der Waals surface area contributed by atoms with Crippen LogP contribution in [0.25, 0.3) is 0 Å². The van der Waals surface area contributed by atoms with E-state index in [1.807, 2.05) is 24.3 Å². The van der Waals surface area contributed by atoms with Crippen molar-refractivity contribution < 1.29 is 9.90 Å². The number of aliphatic hydroxyl groups is 1. The van der Waals surface area contributed by atoms with Crippen molar-refractivity contribution >= 4 is 17.2 Å². The Hall–Kier alpha value is -1.65. The number of hydrogen-bond donors (Lipinski definition) is 1. The van der Waals surface area contributed by atoms with E-state index in [0.29, 0.717) is 0 Å². The molecule has 0 bridgehead atoms. The molecule has 178 valence electrons. The maximum absolute atomic E-state index is 12.5. The van der Waals surface area contributed by atoms with Gasteiger partial charge in [0.05, 0.1) is 6.10 Å². The maximum atomic E-state index is 12.5. The Balaban J connectivity index is 2.46. The minimum Gasteiger partial charge on any atom is -0.392 e. The lowest BCUT2D eigenvalue weighted by atomic mass is 9.73. The SMILES string of the molecule is CCC(CC)(c1ccc(C(=O)N(C)C)c(C)c1)c1cc(C)c(CC(C)C(O)C(C)(C)C)s1. The third kappa shape index (κ3) is 5.28. The summed E-state index contributed by atoms with van der Waals surface area (Å²) < 4.78 is 0. The van der Waals surface area contributed by atoms with Crippen LogP contribution in [-0.2, 0) is 11.8 Å². The lowest BCUT2D eigenvalue weighted by Crippen LogP contribution is -2.33. The van der Waals surface area contributed by atoms with Gasteiger partial charge in [-0.05, 0) is 73.3 Å². The number of hydrogen-bond acceptors (Lipinski definition) is 3. The molecule has 2 unspecified atom stereocenters. The summed E-state index contributed by atoms with van der Waals surface area (Å²) in [5.74, 6) is 0.254. The first-order chi connectivity index (χ1) is 14.8. The highest BCUT2D eigenvalue weighted by Gasteiger charge is 2.34. The fraction of sp³-hybridized carbons (Fsp3) is 0.607. The molecule has 0 aliphatic heterocycles. The molecule has 1 aromatic carbocycles. The second-order valence-corrected chi connectivity index (χ2v) is 11.9. The van der Waals surface area contributed by atoms with E-state index in [1.54, 1.807) is 19.0 Å². The van der Waals surface area contributed by atoms with Crippen molar-refractivity contribution in [1.82, 2.24) is 4.90 Å². The van der Waals surface area contributed by atoms with Gasteiger partial charge in [-0.2, -0.15) is 0 Å². The van der Waals surface area contributed by atoms with E-state index in [-0.39, 0.29) is 28.8 Å². The number of carbonyl (C=O) groups excluding carboxylic acids is 1. The van der Waals surface area contributed by atoms with Crippen LogP contribution in [0.2, 0.25) is 0 Å². The van der Waals surface area contributed by atoms with Crippen molar-refractivity contribution in [3.63, 3.8) is 0 Å². The summed E-state index contributed by atoms with van der Waals surface area (Å²) in [5.41, 5.74) is 4.22. The molecule has 0 aliphatic carbocycles. The summed E-state index contributed by atoms with van der Waals surface area (Å²) in [6.45, 7) is 17.2. The molecule has 2 atom stereocenters. The summed E-state index contributed by atoms with van der Waals surface area (Å²) in [6, 6.07) is 8.72. The molecule has 0 saturated carbocycles. The molecule has 1 N–H and O–H groups in total. The van der Waals surface area contributed by atoms with Crippen LogP contribution in [0.1, 0.15) is 91.2 Å². The van der Waals surface area contributed by atoms with Crippen LogP contribution in [0, 0.1) is 25.2 Å². The molecule has 2 aromatic rings. The Morgan fingerprint density at radius 3 is 2.12 bits per heavy atom. The summed E-state index contributed by atoms with van der Waals surface area (Å²) >= 11 is 1.90. The van der Waals surface area contributed by atoms with Gasteiger partial charge in [-0.25, -0.2) is 0 Å². The predicted molar refractivity (Wildman–Crippen MR) is 138 cm³/mol. The second-order valence-electron chi connectivity index (χ2n) is 10.7. The van der Waals surface area contributed by atoms with Crippen molar-refractivity contribution in [2.75, 3.05) is 14.1 Å². The normalized spacial score (nSPS) is 14.3. The van der Waals surface area contributed by atoms with Crippen LogP contribution < -0.4 is 0 Å². The van der Waals surface area contributed by atoms with Gasteiger partial charge >= 0.3 is 0 Å². The van der Waals surface area contributed by atoms with Gasteiger partial charge in [0, 0.05) is 34.8 Å². The van der Waals surface area contributed by atoms with Gasteiger partial charge in [0.25, 0.3) is 5.91 Å². The van der Waals surface area contributed by atoms with Gasteiger partial charge in [0.1, 0.15) is 0 Å². The number of aryl methyl sites for hydroxylation is 2. The highest BCUT2D eigenvalue weighted by atomic mass is 32.1. The number of amides is 1. The van der Waals surface area contributed by atoms with E-state index in [1.165, 1.54) is 20.9 Å². The summed E-state index contributed by atoms with van der Waals surface area (Å²) in [7, 11) is 3.59. The Morgan fingerprint density at radius 1 is 1.06 bits per heavy atom. The van der Waals surface area contributed by atoms with Crippen molar-refractivity contribution in [3.05, 3.63) is 56.3 Å². The van der Waals surface area contributed by atoms with E-state index in [0.717, 1.165) is 30.4 Å². The van der Waals surface area contributed by atoms with Crippen LogP contribution >= 0.6 is 11.3 Å². The third-order valence-corrected chi connectivity index (χ3v) is 8.51. The first kappa shape index (κ1) is 26.6. The molecule has 0 radical (unpaired) electrons. The molecule has 3 nitrogen and oxygen atoms in total. The highest BCUT2D eigenvalue weighted by molar-refractivity contribution is 7.12. The Bertz CT molecular complexity index is 931. The second kappa shape index (κ2) is 10.1. The fourth-order valence-corrected chi connectivity index (χ4v) is 6.48. The minimum atomic E-state index is -0.334. The lowest BCUT2D eigenvalue weighted by molar-refractivity contribution is 0.0185. The zero-order valence-electron chi connectivity index (χ0n) is 21.8. The Morgan fingerprint density at radius 2 is 1.66 bits per heavy atom. The molecule has 0 aliphatic rings. The summed E-state index contributed by atoms with van der Waals surface area (Å²) in [6.07, 6.45) is 2.57. The zero-order valence-corrected chi connectivity index (χ0v) is 22.6. The topological polar surface area (TPSA) is 40.5 Å². The smallest absolute Gasteiger partial charge is 0.253 e. The Labute approximate surface area is 199 Å². The first-order valence-corrected chi connectivity index (χ1v) is 12.7. The summed E-state index contributed by atoms with van der Waals surface area (Å²) in [5, 5.41) is 10.8. The van der Waals surface area contributed by atoms with Crippen molar-refractivity contribution in [1.29, 1.82) is 0 Å². The number of thiophene rings is 1. The third-order valence-electron chi connectivity index (χ3n) is 7.05. The van der Waals surface area contributed by atoms with Crippen LogP contribution in [0.4, 0.5) is 0 Å². The van der Waals surface area contributed by atoms with E-state index in [9.17, 15) is 9.90 Å². The molecule has 0 fully saturated rings. The van der Waals surface area contributed by atoms with Crippen LogP contribution in [0.5, 0.6) is 0 Å². The maximum Gasteiger partial charge on any atom is 0.253 e. The van der Waals surface area contributed by atoms with E-state index in [4.69, 9.17) is 0 Å². The van der Waals surface area contributed by atoms with Crippen molar-refractivity contribution in [3.8, 4) is 0 Å². The quantitative estimate of drug-likeness (QED) is 0.476. The number of carbonyl (C=O) groups is 1. The molecule has 0 saturated heterocycles. The monoisotopic (exact) mass is 457 g/mol. The Kier molecular flexibility index (Phi) is 8.39. The van der Waals surface area contributed by atoms with Crippen LogP contribution in [0.15, 0.2) is 24.3 Å². The van der Waals surface area contributed by atoms with Gasteiger partial charge in [0.15, 0.2) is 0 Å². The molecular weight excluding hydrogens is 414 g/mol. The van der Waals surface area contributed by atoms with Gasteiger partial charge in [-0.15, -0.1) is 11.3 Å². The van der Waals surface area contributed by atoms with Gasteiger partial charge < -0.3 is 10.0 Å². The average Bonchev–Trinajstić information content (AvgIpc) is 3.08. The zero-order chi connectivity index (χ0) is 24.4. The van der Waals surface area contributed by atoms with Crippen molar-refractivity contribution in [2.45, 2.75) is 86.2 Å². The molecule has 1 heterocycles. The number of nitrogens with zero attached hydrogens (tertiary/aromatic N) is 1. The van der Waals surface area contributed by atoms with E-state index < -0.39 is 0 Å². The largest absolute Gasteiger partial charge is 0.392 e. The summed E-state index contributed by atoms with van der Waals surface area (Å²) in [4.78, 5) is 16.9. The van der Waals surface area contributed by atoms with E-state index >= 15 is 0 Å². The predicted octanol–water partition coefficient (Wildman–Crippen LogP) is 6.76. The highest BCUT2D eigenvalue weighted by Crippen LogP contribution is 2.44. The number of benzene rings is 1. The van der Waals surface area contributed by atoms with Crippen LogP contribution in [-0.4, -0.2) is 36.1 Å². The molecule has 1 amide bonds. The molecule has 2 rings (SSSR count). The molecule has 1 aromatic heterocycles. The standard InChI is InChI=1S/C28H43NO2S/c1-11-28(12-2,21-13-14-22(18(3)15-21)26(31)29(9)10)24-17-19(4)23(32-24)16-20(5)25(30)27(6,7)8/h13-15,17,20,25,30H,11-12,16H2,1-10H3. The van der Waals surface area contributed by atoms with Crippen LogP contribution in [0.3, 0.4) is 0 Å². The molecular formula is C28H43NO2S. The lowest BCUT2D eigenvalue weighted by Gasteiger charge is -2.32. The minimum absolute atomic E-state index is 0.0493. The number of aliphatic hydroxyl groups excluding tert-OH is 1. The number of rotatable bonds is 8.